The predicted molar refractivity (Wildman–Crippen MR) is 101 cm³/mol. The first-order valence-corrected chi connectivity index (χ1v) is 8.36. The summed E-state index contributed by atoms with van der Waals surface area (Å²) in [7, 11) is 1.49. The van der Waals surface area contributed by atoms with Gasteiger partial charge in [-0.3, -0.25) is 9.55 Å². The number of ether oxygens (including phenoxy) is 1. The third kappa shape index (κ3) is 3.18. The van der Waals surface area contributed by atoms with Gasteiger partial charge in [-0.25, -0.2) is 19.7 Å². The van der Waals surface area contributed by atoms with Crippen molar-refractivity contribution < 1.29 is 14.6 Å². The van der Waals surface area contributed by atoms with Crippen molar-refractivity contribution >= 4 is 5.97 Å². The van der Waals surface area contributed by atoms with Crippen LogP contribution in [0.25, 0.3) is 28.6 Å². The Kier molecular flexibility index (Phi) is 4.51. The van der Waals surface area contributed by atoms with E-state index >= 15 is 0 Å². The minimum absolute atomic E-state index is 0.144. The van der Waals surface area contributed by atoms with Crippen molar-refractivity contribution in [2.24, 2.45) is 0 Å². The van der Waals surface area contributed by atoms with Crippen molar-refractivity contribution in [3.63, 3.8) is 0 Å². The molecule has 4 rings (SSSR count). The predicted octanol–water partition coefficient (Wildman–Crippen LogP) is 3.10. The molecule has 0 aliphatic carbocycles. The van der Waals surface area contributed by atoms with Crippen LogP contribution in [-0.4, -0.2) is 42.7 Å². The molecule has 0 atom stereocenters. The van der Waals surface area contributed by atoms with E-state index in [2.05, 4.69) is 19.9 Å². The van der Waals surface area contributed by atoms with Crippen LogP contribution >= 0.6 is 0 Å². The van der Waals surface area contributed by atoms with Gasteiger partial charge in [-0.1, -0.05) is 6.07 Å². The Labute approximate surface area is 160 Å². The molecule has 3 heterocycles. The fourth-order valence-electron chi connectivity index (χ4n) is 2.79. The van der Waals surface area contributed by atoms with Gasteiger partial charge in [0, 0.05) is 31.0 Å². The number of nitrogens with zero attached hydrogens (tertiary/aromatic N) is 5. The first-order valence-electron chi connectivity index (χ1n) is 8.36. The highest BCUT2D eigenvalue weighted by Gasteiger charge is 2.15. The maximum atomic E-state index is 11.2. The fraction of sp³-hybridized carbons (Fsp3) is 0.0500. The molecule has 0 fully saturated rings. The molecule has 0 radical (unpaired) electrons. The van der Waals surface area contributed by atoms with E-state index in [0.717, 1.165) is 0 Å². The normalized spacial score (nSPS) is 10.6. The van der Waals surface area contributed by atoms with E-state index in [-0.39, 0.29) is 5.56 Å². The maximum absolute atomic E-state index is 11.2. The zero-order chi connectivity index (χ0) is 19.5. The average molecular weight is 373 g/mol. The van der Waals surface area contributed by atoms with Crippen molar-refractivity contribution in [2.75, 3.05) is 7.11 Å². The Morgan fingerprint density at radius 3 is 2.54 bits per heavy atom. The monoisotopic (exact) mass is 373 g/mol. The molecule has 28 heavy (non-hydrogen) atoms. The highest BCUT2D eigenvalue weighted by molar-refractivity contribution is 5.88. The van der Waals surface area contributed by atoms with Gasteiger partial charge in [-0.2, -0.15) is 0 Å². The quantitative estimate of drug-likeness (QED) is 0.573. The Hall–Kier alpha value is -4.07. The number of methoxy groups -OCH3 is 1. The van der Waals surface area contributed by atoms with E-state index in [1.807, 2.05) is 18.2 Å². The van der Waals surface area contributed by atoms with Crippen LogP contribution < -0.4 is 4.74 Å². The maximum Gasteiger partial charge on any atom is 0.335 e. The lowest BCUT2D eigenvalue weighted by Crippen LogP contribution is -2.03. The van der Waals surface area contributed by atoms with Gasteiger partial charge in [0.05, 0.1) is 23.9 Å². The molecule has 4 aromatic rings. The first-order chi connectivity index (χ1) is 13.7. The van der Waals surface area contributed by atoms with Gasteiger partial charge in [0.2, 0.25) is 0 Å². The topological polar surface area (TPSA) is 103 Å². The first kappa shape index (κ1) is 17.3. The molecule has 0 bridgehead atoms. The van der Waals surface area contributed by atoms with Gasteiger partial charge in [0.25, 0.3) is 0 Å². The third-order valence-corrected chi connectivity index (χ3v) is 4.13. The van der Waals surface area contributed by atoms with Crippen molar-refractivity contribution in [1.29, 1.82) is 0 Å². The van der Waals surface area contributed by atoms with Crippen molar-refractivity contribution in [3.8, 4) is 34.3 Å². The number of benzene rings is 1. The Morgan fingerprint density at radius 2 is 1.86 bits per heavy atom. The average Bonchev–Trinajstić information content (AvgIpc) is 3.23. The van der Waals surface area contributed by atoms with Gasteiger partial charge in [0.1, 0.15) is 17.3 Å². The van der Waals surface area contributed by atoms with Crippen LogP contribution in [0.15, 0.2) is 67.4 Å². The van der Waals surface area contributed by atoms with Crippen molar-refractivity contribution in [2.45, 2.75) is 0 Å². The van der Waals surface area contributed by atoms with Gasteiger partial charge >= 0.3 is 5.97 Å². The lowest BCUT2D eigenvalue weighted by atomic mass is 10.2. The zero-order valence-corrected chi connectivity index (χ0v) is 14.9. The minimum atomic E-state index is -1.02. The number of aromatic carboxylic acids is 1. The molecule has 1 N–H and O–H groups in total. The Morgan fingerprint density at radius 1 is 1.04 bits per heavy atom. The molecule has 0 aliphatic heterocycles. The SMILES string of the molecule is COc1cc(C(=O)O)ccc1-n1ccnc1-c1cnc(-c2ccccn2)nc1. The summed E-state index contributed by atoms with van der Waals surface area (Å²) in [5.74, 6) is 0.527. The summed E-state index contributed by atoms with van der Waals surface area (Å²) < 4.78 is 7.17. The lowest BCUT2D eigenvalue weighted by Gasteiger charge is -2.13. The molecular formula is C20H15N5O3. The number of imidazole rings is 1. The number of hydrogen-bond donors (Lipinski definition) is 1. The van der Waals surface area contributed by atoms with Crippen LogP contribution in [0.1, 0.15) is 10.4 Å². The summed E-state index contributed by atoms with van der Waals surface area (Å²) in [6.07, 6.45) is 8.45. The molecule has 3 aromatic heterocycles. The summed E-state index contributed by atoms with van der Waals surface area (Å²) in [6, 6.07) is 10.2. The molecule has 0 saturated carbocycles. The van der Waals surface area contributed by atoms with Crippen LogP contribution in [0.4, 0.5) is 0 Å². The summed E-state index contributed by atoms with van der Waals surface area (Å²) in [5.41, 5.74) is 2.19. The number of rotatable bonds is 5. The van der Waals surface area contributed by atoms with Crippen LogP contribution in [-0.2, 0) is 0 Å². The molecular weight excluding hydrogens is 358 g/mol. The second-order valence-electron chi connectivity index (χ2n) is 5.82. The number of pyridine rings is 1. The molecule has 8 nitrogen and oxygen atoms in total. The molecule has 0 unspecified atom stereocenters. The van der Waals surface area contributed by atoms with E-state index in [1.54, 1.807) is 41.6 Å². The molecule has 8 heteroatoms. The fourth-order valence-corrected chi connectivity index (χ4v) is 2.79. The largest absolute Gasteiger partial charge is 0.495 e. The molecule has 0 amide bonds. The molecule has 0 spiro atoms. The van der Waals surface area contributed by atoms with Gasteiger partial charge in [0.15, 0.2) is 5.82 Å². The smallest absolute Gasteiger partial charge is 0.335 e. The number of carboxylic acids is 1. The lowest BCUT2D eigenvalue weighted by molar-refractivity contribution is 0.0696. The third-order valence-electron chi connectivity index (χ3n) is 4.13. The summed E-state index contributed by atoms with van der Waals surface area (Å²) in [5, 5.41) is 9.18. The van der Waals surface area contributed by atoms with Crippen LogP contribution in [0.5, 0.6) is 5.75 Å². The zero-order valence-electron chi connectivity index (χ0n) is 14.9. The number of carboxylic acid groups (broad SMARTS) is 1. The van der Waals surface area contributed by atoms with Crippen LogP contribution in [0.3, 0.4) is 0 Å². The molecule has 0 aliphatic rings. The number of hydrogen-bond acceptors (Lipinski definition) is 6. The van der Waals surface area contributed by atoms with Crippen LogP contribution in [0.2, 0.25) is 0 Å². The highest BCUT2D eigenvalue weighted by Crippen LogP contribution is 2.29. The van der Waals surface area contributed by atoms with Crippen molar-refractivity contribution in [3.05, 3.63) is 72.9 Å². The van der Waals surface area contributed by atoms with E-state index in [4.69, 9.17) is 4.74 Å². The van der Waals surface area contributed by atoms with Crippen LogP contribution in [0, 0.1) is 0 Å². The molecule has 1 aromatic carbocycles. The van der Waals surface area contributed by atoms with Gasteiger partial charge in [-0.05, 0) is 30.3 Å². The second-order valence-corrected chi connectivity index (χ2v) is 5.82. The molecule has 138 valence electrons. The van der Waals surface area contributed by atoms with Gasteiger partial charge < -0.3 is 9.84 Å². The highest BCUT2D eigenvalue weighted by atomic mass is 16.5. The number of aromatic nitrogens is 5. The van der Waals surface area contributed by atoms with Gasteiger partial charge in [-0.15, -0.1) is 0 Å². The Bertz CT molecular complexity index is 1120. The summed E-state index contributed by atoms with van der Waals surface area (Å²) >= 11 is 0. The molecule has 0 saturated heterocycles. The van der Waals surface area contributed by atoms with E-state index < -0.39 is 5.97 Å². The van der Waals surface area contributed by atoms with E-state index in [9.17, 15) is 9.90 Å². The summed E-state index contributed by atoms with van der Waals surface area (Å²) in [6.45, 7) is 0. The second kappa shape index (κ2) is 7.28. The standard InChI is InChI=1S/C20H15N5O3/c1-28-17-10-13(20(26)27)5-6-16(17)25-9-8-22-19(25)14-11-23-18(24-12-14)15-4-2-3-7-21-15/h2-12H,1H3,(H,26,27). The Balaban J connectivity index is 1.73. The van der Waals surface area contributed by atoms with E-state index in [1.165, 1.54) is 19.2 Å². The summed E-state index contributed by atoms with van der Waals surface area (Å²) in [4.78, 5) is 28.6. The van der Waals surface area contributed by atoms with E-state index in [0.29, 0.717) is 34.3 Å². The number of carbonyl (C=O) groups is 1. The minimum Gasteiger partial charge on any atom is -0.495 e. The van der Waals surface area contributed by atoms with Crippen molar-refractivity contribution in [1.82, 2.24) is 24.5 Å².